The average molecular weight is 1140 g/mol. The van der Waals surface area contributed by atoms with Crippen LogP contribution in [-0.2, 0) is 71.7 Å². The van der Waals surface area contributed by atoms with Gasteiger partial charge in [0.25, 0.3) is 0 Å². The Hall–Kier alpha value is -5.43. The summed E-state index contributed by atoms with van der Waals surface area (Å²) in [6.07, 6.45) is 16.7. The molecule has 4 atom stereocenters. The minimum absolute atomic E-state index is 0. The highest BCUT2D eigenvalue weighted by molar-refractivity contribution is 5.87. The molecule has 0 fully saturated rings. The third kappa shape index (κ3) is 48.2. The molecule has 0 saturated carbocycles. The van der Waals surface area contributed by atoms with Crippen LogP contribution in [0.4, 0.5) is 0 Å². The Balaban J connectivity index is -0.00000988. The normalized spacial score (nSPS) is 12.5. The number of carbonyl (C=O) groups is 11. The van der Waals surface area contributed by atoms with Gasteiger partial charge in [0.15, 0.2) is 5.78 Å². The zero-order valence-electron chi connectivity index (χ0n) is 47.1. The second-order valence-electron chi connectivity index (χ2n) is 19.8. The van der Waals surface area contributed by atoms with E-state index < -0.39 is 66.6 Å². The maximum atomic E-state index is 12.6. The zero-order chi connectivity index (χ0) is 58.2. The van der Waals surface area contributed by atoms with Crippen LogP contribution in [0.3, 0.4) is 0 Å². The number of hydrogen-bond donors (Lipinski definition) is 8. The molecule has 79 heavy (non-hydrogen) atoms. The van der Waals surface area contributed by atoms with Crippen LogP contribution in [0.25, 0.3) is 0 Å². The lowest BCUT2D eigenvalue weighted by Gasteiger charge is -2.15. The van der Waals surface area contributed by atoms with E-state index >= 15 is 0 Å². The monoisotopic (exact) mass is 1140 g/mol. The molecule has 4 amide bonds. The van der Waals surface area contributed by atoms with Gasteiger partial charge in [-0.15, -0.1) is 0 Å². The summed E-state index contributed by atoms with van der Waals surface area (Å²) in [4.78, 5) is 131. The molecule has 0 radical (unpaired) electrons. The molecule has 460 valence electrons. The predicted molar refractivity (Wildman–Crippen MR) is 294 cm³/mol. The van der Waals surface area contributed by atoms with Crippen molar-refractivity contribution in [2.75, 3.05) is 65.9 Å². The average Bonchev–Trinajstić information content (AvgIpc) is 3.38. The van der Waals surface area contributed by atoms with E-state index in [9.17, 15) is 68.1 Å². The molecule has 0 aliphatic heterocycles. The standard InChI is InChI=1S/C55H94N4O19.H2O.2H2/c1-41(42(2)60)20-17-18-30-56-48(63)28-24-43(53(69)70)38-44(61)25-26-46(54(71)72)59-51(66)40-78-37-34-75-32-19-21-45(62)39-77-36-35-76-33-31-57-49(64)29-27-47(55(73)74)58-50(65)22-15-13-11-9-7-5-3-4-6-8-10-12-14-16-23-52(67)68;;;/h41,43,46-47H,3-40H2,1-2H3,(H,56,63)(H,57,64)(H,58,65)(H,59,66)(H,67,68)(H,69,70)(H,71,72)(H,73,74);1H2;2*1H/t41-,43+,46-,47-;;;/m0.../s1. The number of ketones is 3. The quantitative estimate of drug-likeness (QED) is 0.0364. The number of hydrogen-bond acceptors (Lipinski definition) is 15. The van der Waals surface area contributed by atoms with Gasteiger partial charge in [-0.2, -0.15) is 0 Å². The van der Waals surface area contributed by atoms with Crippen LogP contribution in [0.5, 0.6) is 0 Å². The Labute approximate surface area is 469 Å². The third-order valence-electron chi connectivity index (χ3n) is 12.9. The summed E-state index contributed by atoms with van der Waals surface area (Å²) in [5.41, 5.74) is 0. The van der Waals surface area contributed by atoms with Crippen LogP contribution in [0.15, 0.2) is 0 Å². The van der Waals surface area contributed by atoms with Gasteiger partial charge in [0.1, 0.15) is 36.9 Å². The molecule has 0 aromatic carbocycles. The molecule has 0 aliphatic rings. The van der Waals surface area contributed by atoms with Gasteiger partial charge in [-0.25, -0.2) is 9.59 Å². The molecule has 0 aromatic rings. The van der Waals surface area contributed by atoms with Gasteiger partial charge in [0.05, 0.1) is 39.0 Å². The first-order chi connectivity index (χ1) is 37.3. The molecule has 24 heteroatoms. The number of amides is 4. The van der Waals surface area contributed by atoms with Crippen molar-refractivity contribution < 1.29 is 100 Å². The van der Waals surface area contributed by atoms with E-state index in [0.717, 1.165) is 57.8 Å². The molecule has 0 heterocycles. The molecule has 0 rings (SSSR count). The van der Waals surface area contributed by atoms with Crippen molar-refractivity contribution in [3.05, 3.63) is 0 Å². The van der Waals surface area contributed by atoms with Crippen LogP contribution < -0.4 is 21.3 Å². The van der Waals surface area contributed by atoms with Gasteiger partial charge in [-0.3, -0.25) is 43.2 Å². The number of nitrogens with one attached hydrogen (secondary N) is 4. The number of carboxylic acids is 4. The van der Waals surface area contributed by atoms with Gasteiger partial charge < -0.3 is 66.1 Å². The number of aliphatic carboxylic acids is 4. The molecule has 0 aromatic heterocycles. The fourth-order valence-corrected chi connectivity index (χ4v) is 7.96. The van der Waals surface area contributed by atoms with E-state index in [2.05, 4.69) is 21.3 Å². The highest BCUT2D eigenvalue weighted by Gasteiger charge is 2.26. The van der Waals surface area contributed by atoms with Gasteiger partial charge in [0, 0.05) is 73.4 Å². The summed E-state index contributed by atoms with van der Waals surface area (Å²) < 4.78 is 21.4. The Morgan fingerprint density at radius 1 is 0.405 bits per heavy atom. The van der Waals surface area contributed by atoms with E-state index in [1.54, 1.807) is 0 Å². The Bertz CT molecular complexity index is 1780. The lowest BCUT2D eigenvalue weighted by molar-refractivity contribution is -0.145. The van der Waals surface area contributed by atoms with Crippen molar-refractivity contribution in [3.8, 4) is 0 Å². The van der Waals surface area contributed by atoms with Crippen molar-refractivity contribution in [1.82, 2.24) is 21.3 Å². The topological polar surface area (TPSA) is 385 Å². The second-order valence-corrected chi connectivity index (χ2v) is 19.8. The van der Waals surface area contributed by atoms with E-state index in [1.807, 2.05) is 6.92 Å². The molecular weight excluding hydrogens is 1040 g/mol. The van der Waals surface area contributed by atoms with Crippen LogP contribution >= 0.6 is 0 Å². The van der Waals surface area contributed by atoms with Gasteiger partial charge in [-0.05, 0) is 58.3 Å². The van der Waals surface area contributed by atoms with Gasteiger partial charge in [0.2, 0.25) is 23.6 Å². The van der Waals surface area contributed by atoms with E-state index in [4.69, 9.17) is 24.1 Å². The van der Waals surface area contributed by atoms with Crippen molar-refractivity contribution >= 4 is 64.9 Å². The van der Waals surface area contributed by atoms with E-state index in [1.165, 1.54) is 39.0 Å². The smallest absolute Gasteiger partial charge is 0.326 e. The van der Waals surface area contributed by atoms with Gasteiger partial charge >= 0.3 is 23.9 Å². The first-order valence-corrected chi connectivity index (χ1v) is 28.2. The van der Waals surface area contributed by atoms with Crippen molar-refractivity contribution in [2.24, 2.45) is 11.8 Å². The Kier molecular flexibility index (Phi) is 48.6. The lowest BCUT2D eigenvalue weighted by Crippen LogP contribution is -2.42. The number of Topliss-reactive ketones (excluding diaryl/α,β-unsaturated/α-hetero) is 3. The van der Waals surface area contributed by atoms with Crippen LogP contribution in [0.2, 0.25) is 0 Å². The van der Waals surface area contributed by atoms with Crippen molar-refractivity contribution in [2.45, 2.75) is 206 Å². The molecule has 0 saturated heterocycles. The largest absolute Gasteiger partial charge is 0.481 e. The first-order valence-electron chi connectivity index (χ1n) is 28.2. The zero-order valence-corrected chi connectivity index (χ0v) is 47.1. The molecule has 0 spiro atoms. The summed E-state index contributed by atoms with van der Waals surface area (Å²) in [7, 11) is 0. The SMILES string of the molecule is CC(=O)[C@@H](C)CCCCNC(=O)CC[C@H](CC(=O)CC[C@H](NC(=O)COCCOCCCC(=O)COCCOCCNC(=O)CC[C@H](NC(=O)CCCCCCCCCCCCCCCCC(=O)O)C(=O)O)C(=O)O)C(=O)O.O.[HH].[HH]. The van der Waals surface area contributed by atoms with Gasteiger partial charge in [-0.1, -0.05) is 90.4 Å². The summed E-state index contributed by atoms with van der Waals surface area (Å²) in [6, 6.07) is -2.60. The third-order valence-corrected chi connectivity index (χ3v) is 12.9. The highest BCUT2D eigenvalue weighted by Crippen LogP contribution is 2.17. The fourth-order valence-electron chi connectivity index (χ4n) is 7.96. The maximum absolute atomic E-state index is 12.6. The highest BCUT2D eigenvalue weighted by atomic mass is 16.5. The predicted octanol–water partition coefficient (Wildman–Crippen LogP) is 5.16. The maximum Gasteiger partial charge on any atom is 0.326 e. The minimum atomic E-state index is -1.42. The molecular formula is C55H100N4O20. The van der Waals surface area contributed by atoms with Crippen LogP contribution in [0.1, 0.15) is 196 Å². The van der Waals surface area contributed by atoms with Crippen LogP contribution in [0, 0.1) is 11.8 Å². The molecule has 24 nitrogen and oxygen atoms in total. The minimum Gasteiger partial charge on any atom is -0.481 e. The number of rotatable bonds is 56. The molecule has 0 bridgehead atoms. The number of carboxylic acid groups (broad SMARTS) is 4. The van der Waals surface area contributed by atoms with E-state index in [0.29, 0.717) is 32.2 Å². The number of ether oxygens (including phenoxy) is 4. The van der Waals surface area contributed by atoms with Crippen molar-refractivity contribution in [3.63, 3.8) is 0 Å². The van der Waals surface area contributed by atoms with Crippen molar-refractivity contribution in [1.29, 1.82) is 0 Å². The number of carbonyl (C=O) groups excluding carboxylic acids is 7. The fraction of sp³-hybridized carbons (Fsp3) is 0.800. The second kappa shape index (κ2) is 50.8. The molecule has 0 aliphatic carbocycles. The Morgan fingerprint density at radius 2 is 0.873 bits per heavy atom. The lowest BCUT2D eigenvalue weighted by atomic mass is 9.94. The first kappa shape index (κ1) is 75.6. The number of unbranched alkanes of at least 4 members (excludes halogenated alkanes) is 14. The summed E-state index contributed by atoms with van der Waals surface area (Å²) in [5.74, 6) is -8.21. The molecule has 10 N–H and O–H groups in total. The Morgan fingerprint density at radius 3 is 1.41 bits per heavy atom. The molecule has 0 unspecified atom stereocenters. The summed E-state index contributed by atoms with van der Waals surface area (Å²) >= 11 is 0. The summed E-state index contributed by atoms with van der Waals surface area (Å²) in [6.45, 7) is 4.08. The van der Waals surface area contributed by atoms with Crippen LogP contribution in [-0.4, -0.2) is 169 Å². The summed E-state index contributed by atoms with van der Waals surface area (Å²) in [5, 5.41) is 47.5. The van der Waals surface area contributed by atoms with E-state index in [-0.39, 0.29) is 154 Å².